The Morgan fingerprint density at radius 3 is 2.32 bits per heavy atom. The average Bonchev–Trinajstić information content (AvgIpc) is 2.67. The lowest BCUT2D eigenvalue weighted by atomic mass is 10.1. The smallest absolute Gasteiger partial charge is 0.270 e. The van der Waals surface area contributed by atoms with Gasteiger partial charge in [-0.3, -0.25) is 15.5 Å². The molecule has 0 saturated heterocycles. The van der Waals surface area contributed by atoms with Crippen molar-refractivity contribution in [2.45, 2.75) is 25.7 Å². The van der Waals surface area contributed by atoms with Crippen molar-refractivity contribution in [3.8, 4) is 0 Å². The Balaban J connectivity index is 2.47. The zero-order valence-corrected chi connectivity index (χ0v) is 18.1. The number of hydrogen-bond acceptors (Lipinski definition) is 6. The standard InChI is InChI=1S/C18H21BrN4O4S/c1-4-22(5-2)28(26,27)18-12-16(23(24)25)10-11-17(18)21-20-13(3)14-6-8-15(19)9-7-14/h6-12,21H,4-5H2,1-3H3. The van der Waals surface area contributed by atoms with Gasteiger partial charge in [-0.15, -0.1) is 0 Å². The predicted octanol–water partition coefficient (Wildman–Crippen LogP) is 4.22. The first-order valence-electron chi connectivity index (χ1n) is 8.55. The highest BCUT2D eigenvalue weighted by Crippen LogP contribution is 2.29. The minimum absolute atomic E-state index is 0.175. The summed E-state index contributed by atoms with van der Waals surface area (Å²) in [7, 11) is -3.92. The predicted molar refractivity (Wildman–Crippen MR) is 113 cm³/mol. The van der Waals surface area contributed by atoms with Crippen LogP contribution in [0.2, 0.25) is 0 Å². The number of benzene rings is 2. The molecule has 0 unspecified atom stereocenters. The second-order valence-corrected chi connectivity index (χ2v) is 8.66. The van der Waals surface area contributed by atoms with Crippen LogP contribution in [0.25, 0.3) is 0 Å². The van der Waals surface area contributed by atoms with Crippen molar-refractivity contribution in [3.63, 3.8) is 0 Å². The number of anilines is 1. The van der Waals surface area contributed by atoms with Crippen molar-refractivity contribution in [1.82, 2.24) is 4.31 Å². The fourth-order valence-corrected chi connectivity index (χ4v) is 4.42. The summed E-state index contributed by atoms with van der Waals surface area (Å²) in [5.41, 5.74) is 4.11. The van der Waals surface area contributed by atoms with Crippen molar-refractivity contribution in [3.05, 3.63) is 62.6 Å². The lowest BCUT2D eigenvalue weighted by Crippen LogP contribution is -2.31. The number of non-ortho nitro benzene ring substituents is 1. The Hall–Kier alpha value is -2.30. The fourth-order valence-electron chi connectivity index (χ4n) is 2.53. The number of hydrogen-bond donors (Lipinski definition) is 1. The van der Waals surface area contributed by atoms with E-state index in [0.29, 0.717) is 5.71 Å². The van der Waals surface area contributed by atoms with E-state index >= 15 is 0 Å². The molecule has 10 heteroatoms. The van der Waals surface area contributed by atoms with Crippen LogP contribution in [-0.4, -0.2) is 36.4 Å². The van der Waals surface area contributed by atoms with E-state index in [4.69, 9.17) is 0 Å². The maximum absolute atomic E-state index is 13.0. The number of hydrazone groups is 1. The SMILES string of the molecule is CCN(CC)S(=O)(=O)c1cc([N+](=O)[O-])ccc1NN=C(C)c1ccc(Br)cc1. The van der Waals surface area contributed by atoms with Crippen LogP contribution in [0, 0.1) is 10.1 Å². The molecule has 0 radical (unpaired) electrons. The molecule has 0 heterocycles. The minimum Gasteiger partial charge on any atom is -0.277 e. The second kappa shape index (κ2) is 9.26. The Morgan fingerprint density at radius 1 is 1.18 bits per heavy atom. The van der Waals surface area contributed by atoms with Gasteiger partial charge in [0.25, 0.3) is 5.69 Å². The van der Waals surface area contributed by atoms with Gasteiger partial charge in [0.15, 0.2) is 0 Å². The highest BCUT2D eigenvalue weighted by Gasteiger charge is 2.27. The third-order valence-corrected chi connectivity index (χ3v) is 6.72. The molecule has 0 aliphatic carbocycles. The Bertz CT molecular complexity index is 987. The summed E-state index contributed by atoms with van der Waals surface area (Å²) >= 11 is 3.37. The largest absolute Gasteiger partial charge is 0.277 e. The van der Waals surface area contributed by atoms with E-state index in [2.05, 4.69) is 26.5 Å². The van der Waals surface area contributed by atoms with E-state index in [1.54, 1.807) is 20.8 Å². The number of rotatable bonds is 8. The molecule has 28 heavy (non-hydrogen) atoms. The minimum atomic E-state index is -3.92. The first-order valence-corrected chi connectivity index (χ1v) is 10.8. The second-order valence-electron chi connectivity index (χ2n) is 5.84. The molecule has 2 rings (SSSR count). The van der Waals surface area contributed by atoms with Gasteiger partial charge in [-0.2, -0.15) is 9.41 Å². The number of nitrogens with zero attached hydrogens (tertiary/aromatic N) is 3. The van der Waals surface area contributed by atoms with Gasteiger partial charge in [-0.25, -0.2) is 8.42 Å². The molecule has 0 aliphatic heterocycles. The maximum atomic E-state index is 13.0. The molecule has 0 atom stereocenters. The van der Waals surface area contributed by atoms with Gasteiger partial charge in [-0.1, -0.05) is 41.9 Å². The fraction of sp³-hybridized carbons (Fsp3) is 0.278. The van der Waals surface area contributed by atoms with Crippen LogP contribution in [0.4, 0.5) is 11.4 Å². The van der Waals surface area contributed by atoms with E-state index in [1.807, 2.05) is 24.3 Å². The third-order valence-electron chi connectivity index (χ3n) is 4.11. The molecule has 0 amide bonds. The van der Waals surface area contributed by atoms with Crippen LogP contribution in [0.5, 0.6) is 0 Å². The Kier molecular flexibility index (Phi) is 7.28. The summed E-state index contributed by atoms with van der Waals surface area (Å²) in [5.74, 6) is 0. The molecule has 8 nitrogen and oxygen atoms in total. The lowest BCUT2D eigenvalue weighted by molar-refractivity contribution is -0.385. The monoisotopic (exact) mass is 468 g/mol. The normalized spacial score (nSPS) is 12.2. The summed E-state index contributed by atoms with van der Waals surface area (Å²) in [6.45, 7) is 5.70. The van der Waals surface area contributed by atoms with Gasteiger partial charge < -0.3 is 0 Å². The maximum Gasteiger partial charge on any atom is 0.270 e. The van der Waals surface area contributed by atoms with Gasteiger partial charge in [0.1, 0.15) is 4.90 Å². The van der Waals surface area contributed by atoms with E-state index in [-0.39, 0.29) is 29.4 Å². The van der Waals surface area contributed by atoms with Gasteiger partial charge in [0.05, 0.1) is 16.3 Å². The van der Waals surface area contributed by atoms with Crippen LogP contribution < -0.4 is 5.43 Å². The van der Waals surface area contributed by atoms with Crippen LogP contribution in [0.1, 0.15) is 26.3 Å². The number of halogens is 1. The third kappa shape index (κ3) is 4.94. The van der Waals surface area contributed by atoms with E-state index < -0.39 is 14.9 Å². The quantitative estimate of drug-likeness (QED) is 0.354. The van der Waals surface area contributed by atoms with Gasteiger partial charge >= 0.3 is 0 Å². The molecule has 0 saturated carbocycles. The average molecular weight is 469 g/mol. The highest BCUT2D eigenvalue weighted by atomic mass is 79.9. The van der Waals surface area contributed by atoms with E-state index in [0.717, 1.165) is 16.1 Å². The summed E-state index contributed by atoms with van der Waals surface area (Å²) in [4.78, 5) is 10.3. The van der Waals surface area contributed by atoms with Crippen LogP contribution in [0.3, 0.4) is 0 Å². The molecule has 0 bridgehead atoms. The van der Waals surface area contributed by atoms with Crippen molar-refractivity contribution in [2.75, 3.05) is 18.5 Å². The Labute approximate surface area is 172 Å². The summed E-state index contributed by atoms with van der Waals surface area (Å²) < 4.78 is 28.1. The molecule has 0 fully saturated rings. The van der Waals surface area contributed by atoms with Crippen LogP contribution in [0.15, 0.2) is 56.9 Å². The summed E-state index contributed by atoms with van der Waals surface area (Å²) in [6.07, 6.45) is 0. The van der Waals surface area contributed by atoms with Gasteiger partial charge in [-0.05, 0) is 30.7 Å². The van der Waals surface area contributed by atoms with Crippen molar-refractivity contribution in [2.24, 2.45) is 5.10 Å². The molecule has 0 aliphatic rings. The number of sulfonamides is 1. The number of nitro groups is 1. The first-order chi connectivity index (χ1) is 13.2. The molecular formula is C18H21BrN4O4S. The lowest BCUT2D eigenvalue weighted by Gasteiger charge is -2.20. The molecule has 2 aromatic rings. The zero-order valence-electron chi connectivity index (χ0n) is 15.7. The van der Waals surface area contributed by atoms with E-state index in [1.165, 1.54) is 16.4 Å². The van der Waals surface area contributed by atoms with Gasteiger partial charge in [0.2, 0.25) is 10.0 Å². The molecule has 0 spiro atoms. The zero-order chi connectivity index (χ0) is 20.9. The van der Waals surface area contributed by atoms with Crippen molar-refractivity contribution >= 4 is 43.0 Å². The molecular weight excluding hydrogens is 448 g/mol. The molecule has 1 N–H and O–H groups in total. The van der Waals surface area contributed by atoms with E-state index in [9.17, 15) is 18.5 Å². The van der Waals surface area contributed by atoms with Gasteiger partial charge in [0, 0.05) is 29.7 Å². The number of nitrogens with one attached hydrogen (secondary N) is 1. The molecule has 0 aromatic heterocycles. The van der Waals surface area contributed by atoms with Crippen molar-refractivity contribution in [1.29, 1.82) is 0 Å². The highest BCUT2D eigenvalue weighted by molar-refractivity contribution is 9.10. The topological polar surface area (TPSA) is 105 Å². The first kappa shape index (κ1) is 22.0. The van der Waals surface area contributed by atoms with Crippen LogP contribution >= 0.6 is 15.9 Å². The summed E-state index contributed by atoms with van der Waals surface area (Å²) in [6, 6.07) is 11.1. The Morgan fingerprint density at radius 2 is 1.79 bits per heavy atom. The molecule has 2 aromatic carbocycles. The van der Waals surface area contributed by atoms with Crippen LogP contribution in [-0.2, 0) is 10.0 Å². The molecule has 150 valence electrons. The number of nitro benzene ring substituents is 1. The summed E-state index contributed by atoms with van der Waals surface area (Å²) in [5, 5.41) is 15.4. The van der Waals surface area contributed by atoms with Crippen molar-refractivity contribution < 1.29 is 13.3 Å².